The molecule has 5 heterocycles. The predicted molar refractivity (Wildman–Crippen MR) is 127 cm³/mol. The van der Waals surface area contributed by atoms with Crippen molar-refractivity contribution in [2.24, 2.45) is 0 Å². The molecule has 1 N–H and O–H groups in total. The second-order valence-corrected chi connectivity index (χ2v) is 9.75. The summed E-state index contributed by atoms with van der Waals surface area (Å²) < 4.78 is 68.4. The SMILES string of the molecule is FC1(F)CN(c2cc(Nc3cc(Oc4cn(C5CC5)nc4C4CCOCC4)ccn3)ccn2)CC1(F)F. The number of anilines is 3. The van der Waals surface area contributed by atoms with Gasteiger partial charge in [-0.05, 0) is 37.8 Å². The van der Waals surface area contributed by atoms with E-state index in [-0.39, 0.29) is 11.7 Å². The summed E-state index contributed by atoms with van der Waals surface area (Å²) in [4.78, 5) is 9.18. The second-order valence-electron chi connectivity index (χ2n) is 9.75. The maximum absolute atomic E-state index is 13.7. The highest BCUT2D eigenvalue weighted by Crippen LogP contribution is 2.43. The van der Waals surface area contributed by atoms with Gasteiger partial charge in [0.15, 0.2) is 5.75 Å². The van der Waals surface area contributed by atoms with Gasteiger partial charge in [0.05, 0.1) is 25.3 Å². The minimum Gasteiger partial charge on any atom is -0.454 e. The molecule has 0 aromatic carbocycles. The smallest absolute Gasteiger partial charge is 0.329 e. The Labute approximate surface area is 210 Å². The van der Waals surface area contributed by atoms with Gasteiger partial charge in [0.2, 0.25) is 0 Å². The van der Waals surface area contributed by atoms with Crippen molar-refractivity contribution in [2.75, 3.05) is 36.5 Å². The van der Waals surface area contributed by atoms with Gasteiger partial charge in [0.25, 0.3) is 0 Å². The summed E-state index contributed by atoms with van der Waals surface area (Å²) in [5.41, 5.74) is 1.40. The molecule has 0 spiro atoms. The number of hydrogen-bond acceptors (Lipinski definition) is 7. The molecule has 6 rings (SSSR count). The summed E-state index contributed by atoms with van der Waals surface area (Å²) in [6.07, 6.45) is 8.91. The molecular formula is C25H26F4N6O2. The molecule has 1 aliphatic carbocycles. The summed E-state index contributed by atoms with van der Waals surface area (Å²) in [5, 5.41) is 7.91. The monoisotopic (exact) mass is 518 g/mol. The maximum Gasteiger partial charge on any atom is 0.329 e. The van der Waals surface area contributed by atoms with E-state index in [0.717, 1.165) is 36.3 Å². The molecule has 0 radical (unpaired) electrons. The molecule has 3 aromatic heterocycles. The number of pyridine rings is 2. The van der Waals surface area contributed by atoms with Crippen LogP contribution in [0.2, 0.25) is 0 Å². The molecule has 0 amide bonds. The summed E-state index contributed by atoms with van der Waals surface area (Å²) in [7, 11) is 0. The molecule has 2 saturated heterocycles. The number of halogens is 4. The number of alkyl halides is 4. The quantitative estimate of drug-likeness (QED) is 0.412. The Morgan fingerprint density at radius 1 is 0.946 bits per heavy atom. The van der Waals surface area contributed by atoms with Gasteiger partial charge in [-0.25, -0.2) is 9.97 Å². The number of aromatic nitrogens is 4. The zero-order valence-corrected chi connectivity index (χ0v) is 19.9. The standard InChI is InChI=1S/C25H26F4N6O2/c26-24(27)14-34(15-25(24,28)29)22-11-17(3-7-31-22)32-21-12-19(4-8-30-21)37-20-13-35(18-1-2-18)33-23(20)16-5-9-36-10-6-16/h3-4,7-8,11-13,16,18H,1-2,5-6,9-10,14-15H2,(H,30,31,32). The van der Waals surface area contributed by atoms with Crippen LogP contribution in [-0.2, 0) is 4.74 Å². The van der Waals surface area contributed by atoms with Crippen LogP contribution >= 0.6 is 0 Å². The molecular weight excluding hydrogens is 492 g/mol. The van der Waals surface area contributed by atoms with E-state index in [4.69, 9.17) is 14.6 Å². The minimum atomic E-state index is -4.11. The van der Waals surface area contributed by atoms with E-state index in [1.54, 1.807) is 24.4 Å². The van der Waals surface area contributed by atoms with Crippen molar-refractivity contribution in [1.82, 2.24) is 19.7 Å². The average molecular weight is 519 g/mol. The summed E-state index contributed by atoms with van der Waals surface area (Å²) in [5.74, 6) is -6.22. The number of hydrogen-bond donors (Lipinski definition) is 1. The first kappa shape index (κ1) is 24.0. The van der Waals surface area contributed by atoms with Gasteiger partial charge < -0.3 is 19.7 Å². The Kier molecular flexibility index (Phi) is 5.93. The van der Waals surface area contributed by atoms with Crippen molar-refractivity contribution >= 4 is 17.3 Å². The second kappa shape index (κ2) is 9.16. The Balaban J connectivity index is 1.19. The first-order valence-corrected chi connectivity index (χ1v) is 12.3. The highest BCUT2D eigenvalue weighted by molar-refractivity contribution is 5.62. The molecule has 3 aromatic rings. The Morgan fingerprint density at radius 3 is 2.41 bits per heavy atom. The van der Waals surface area contributed by atoms with Crippen LogP contribution in [0.25, 0.3) is 0 Å². The zero-order chi connectivity index (χ0) is 25.6. The fourth-order valence-corrected chi connectivity index (χ4v) is 4.66. The summed E-state index contributed by atoms with van der Waals surface area (Å²) >= 11 is 0. The molecule has 2 aliphatic heterocycles. The lowest BCUT2D eigenvalue weighted by Crippen LogP contribution is -2.38. The summed E-state index contributed by atoms with van der Waals surface area (Å²) in [6, 6.07) is 6.91. The lowest BCUT2D eigenvalue weighted by Gasteiger charge is -2.21. The molecule has 0 atom stereocenters. The molecule has 0 bridgehead atoms. The van der Waals surface area contributed by atoms with Crippen LogP contribution in [0, 0.1) is 0 Å². The Hall–Kier alpha value is -3.41. The van der Waals surface area contributed by atoms with Crippen LogP contribution in [0.3, 0.4) is 0 Å². The van der Waals surface area contributed by atoms with E-state index in [2.05, 4.69) is 15.3 Å². The van der Waals surface area contributed by atoms with Crippen LogP contribution in [-0.4, -0.2) is 57.9 Å². The first-order chi connectivity index (χ1) is 17.8. The third-order valence-corrected chi connectivity index (χ3v) is 6.87. The first-order valence-electron chi connectivity index (χ1n) is 12.3. The molecule has 1 saturated carbocycles. The van der Waals surface area contributed by atoms with Crippen molar-refractivity contribution in [3.05, 3.63) is 48.5 Å². The van der Waals surface area contributed by atoms with E-state index >= 15 is 0 Å². The Bertz CT molecular complexity index is 1260. The normalized spacial score (nSPS) is 21.2. The lowest BCUT2D eigenvalue weighted by atomic mass is 9.96. The predicted octanol–water partition coefficient (Wildman–Crippen LogP) is 5.53. The van der Waals surface area contributed by atoms with Crippen LogP contribution in [0.15, 0.2) is 42.9 Å². The molecule has 8 nitrogen and oxygen atoms in total. The number of ether oxygens (including phenoxy) is 2. The van der Waals surface area contributed by atoms with E-state index in [1.165, 1.54) is 12.3 Å². The third kappa shape index (κ3) is 4.94. The highest BCUT2D eigenvalue weighted by Gasteiger charge is 2.63. The van der Waals surface area contributed by atoms with E-state index in [0.29, 0.717) is 42.3 Å². The van der Waals surface area contributed by atoms with Gasteiger partial charge in [0, 0.05) is 49.3 Å². The van der Waals surface area contributed by atoms with Crippen molar-refractivity contribution in [3.63, 3.8) is 0 Å². The Morgan fingerprint density at radius 2 is 1.68 bits per heavy atom. The highest BCUT2D eigenvalue weighted by atomic mass is 19.3. The number of rotatable bonds is 7. The van der Waals surface area contributed by atoms with Crippen molar-refractivity contribution in [3.8, 4) is 11.5 Å². The van der Waals surface area contributed by atoms with Gasteiger partial charge in [-0.3, -0.25) is 4.68 Å². The molecule has 3 fully saturated rings. The van der Waals surface area contributed by atoms with Gasteiger partial charge in [-0.2, -0.15) is 22.7 Å². The molecule has 12 heteroatoms. The molecule has 0 unspecified atom stereocenters. The van der Waals surface area contributed by atoms with Crippen LogP contribution in [0.4, 0.5) is 34.9 Å². The minimum absolute atomic E-state index is 0.0304. The third-order valence-electron chi connectivity index (χ3n) is 6.87. The molecule has 196 valence electrons. The van der Waals surface area contributed by atoms with Crippen LogP contribution in [0.5, 0.6) is 11.5 Å². The van der Waals surface area contributed by atoms with Gasteiger partial charge in [-0.1, -0.05) is 0 Å². The van der Waals surface area contributed by atoms with Crippen molar-refractivity contribution < 1.29 is 27.0 Å². The van der Waals surface area contributed by atoms with Gasteiger partial charge in [-0.15, -0.1) is 0 Å². The molecule has 37 heavy (non-hydrogen) atoms. The number of nitrogens with one attached hydrogen (secondary N) is 1. The lowest BCUT2D eigenvalue weighted by molar-refractivity contribution is -0.172. The van der Waals surface area contributed by atoms with Crippen molar-refractivity contribution in [2.45, 2.75) is 49.5 Å². The van der Waals surface area contributed by atoms with Crippen LogP contribution < -0.4 is 15.0 Å². The fourth-order valence-electron chi connectivity index (χ4n) is 4.66. The van der Waals surface area contributed by atoms with Gasteiger partial charge in [0.1, 0.15) is 23.1 Å². The topological polar surface area (TPSA) is 77.3 Å². The molecule has 3 aliphatic rings. The summed E-state index contributed by atoms with van der Waals surface area (Å²) in [6.45, 7) is -0.793. The van der Waals surface area contributed by atoms with E-state index < -0.39 is 24.9 Å². The van der Waals surface area contributed by atoms with Crippen molar-refractivity contribution in [1.29, 1.82) is 0 Å². The largest absolute Gasteiger partial charge is 0.454 e. The van der Waals surface area contributed by atoms with E-state index in [9.17, 15) is 17.6 Å². The van der Waals surface area contributed by atoms with E-state index in [1.807, 2.05) is 10.9 Å². The number of nitrogens with zero attached hydrogens (tertiary/aromatic N) is 5. The maximum atomic E-state index is 13.7. The zero-order valence-electron chi connectivity index (χ0n) is 19.9. The van der Waals surface area contributed by atoms with Gasteiger partial charge >= 0.3 is 11.8 Å². The van der Waals surface area contributed by atoms with Crippen LogP contribution in [0.1, 0.15) is 43.3 Å². The fraction of sp³-hybridized carbons (Fsp3) is 0.480. The average Bonchev–Trinajstić information content (AvgIpc) is 3.60.